The van der Waals surface area contributed by atoms with E-state index in [0.717, 1.165) is 32.1 Å². The largest absolute Gasteiger partial charge is 0.345 e. The molecule has 2 unspecified atom stereocenters. The molecule has 1 aromatic carbocycles. The van der Waals surface area contributed by atoms with Gasteiger partial charge in [-0.05, 0) is 80.7 Å². The van der Waals surface area contributed by atoms with Crippen molar-refractivity contribution in [3.63, 3.8) is 0 Å². The van der Waals surface area contributed by atoms with E-state index in [1.807, 2.05) is 12.1 Å². The molecule has 0 saturated heterocycles. The molecule has 6 heteroatoms. The van der Waals surface area contributed by atoms with E-state index in [0.29, 0.717) is 35.2 Å². The number of amides is 2. The Kier molecular flexibility index (Phi) is 4.35. The van der Waals surface area contributed by atoms with Crippen molar-refractivity contribution in [2.45, 2.75) is 44.1 Å². The molecular formula is C24H24N4O2. The van der Waals surface area contributed by atoms with Gasteiger partial charge in [-0.15, -0.1) is 0 Å². The maximum atomic E-state index is 13.4. The van der Waals surface area contributed by atoms with Gasteiger partial charge in [0.05, 0.1) is 17.0 Å². The molecule has 2 N–H and O–H groups in total. The van der Waals surface area contributed by atoms with Gasteiger partial charge in [-0.1, -0.05) is 12.1 Å². The molecule has 2 aromatic rings. The van der Waals surface area contributed by atoms with Crippen LogP contribution in [-0.4, -0.2) is 22.3 Å². The van der Waals surface area contributed by atoms with Crippen molar-refractivity contribution in [3.05, 3.63) is 59.9 Å². The van der Waals surface area contributed by atoms with Gasteiger partial charge in [0.2, 0.25) is 5.91 Å². The van der Waals surface area contributed by atoms with Gasteiger partial charge in [-0.25, -0.2) is 0 Å². The molecule has 4 aliphatic carbocycles. The number of nitrogens with one attached hydrogen (secondary N) is 2. The van der Waals surface area contributed by atoms with E-state index in [1.165, 1.54) is 0 Å². The molecule has 6 nitrogen and oxygen atoms in total. The second-order valence-electron chi connectivity index (χ2n) is 9.34. The van der Waals surface area contributed by atoms with Gasteiger partial charge in [0, 0.05) is 17.4 Å². The number of carbonyl (C=O) groups excluding carboxylic acids is 2. The highest BCUT2D eigenvalue weighted by Gasteiger charge is 2.61. The second-order valence-corrected chi connectivity index (χ2v) is 9.34. The summed E-state index contributed by atoms with van der Waals surface area (Å²) >= 11 is 0. The molecule has 1 heterocycles. The van der Waals surface area contributed by atoms with E-state index in [4.69, 9.17) is 5.26 Å². The number of nitriles is 1. The third kappa shape index (κ3) is 3.24. The monoisotopic (exact) mass is 400 g/mol. The zero-order valence-electron chi connectivity index (χ0n) is 16.7. The van der Waals surface area contributed by atoms with Crippen LogP contribution in [-0.2, 0) is 4.79 Å². The lowest BCUT2D eigenvalue weighted by Gasteiger charge is -2.61. The molecule has 4 fully saturated rings. The topological polar surface area (TPSA) is 94.9 Å². The van der Waals surface area contributed by atoms with Gasteiger partial charge in [0.25, 0.3) is 5.91 Å². The van der Waals surface area contributed by atoms with Crippen LogP contribution >= 0.6 is 0 Å². The normalized spacial score (nSPS) is 31.0. The molecular weight excluding hydrogens is 376 g/mol. The van der Waals surface area contributed by atoms with E-state index in [1.54, 1.807) is 36.5 Å². The van der Waals surface area contributed by atoms with Gasteiger partial charge in [-0.3, -0.25) is 14.6 Å². The Balaban J connectivity index is 1.39. The molecule has 1 aromatic heterocycles. The van der Waals surface area contributed by atoms with E-state index in [9.17, 15) is 9.59 Å². The summed E-state index contributed by atoms with van der Waals surface area (Å²) in [6.45, 7) is 0. The summed E-state index contributed by atoms with van der Waals surface area (Å²) in [5.74, 6) is 0.760. The highest BCUT2D eigenvalue weighted by Crippen LogP contribution is 2.62. The van der Waals surface area contributed by atoms with Gasteiger partial charge in [-0.2, -0.15) is 5.26 Å². The molecule has 2 atom stereocenters. The summed E-state index contributed by atoms with van der Waals surface area (Å²) in [7, 11) is 0. The van der Waals surface area contributed by atoms with Gasteiger partial charge in [0.15, 0.2) is 0 Å². The molecule has 0 spiro atoms. The molecule has 152 valence electrons. The zero-order chi connectivity index (χ0) is 20.8. The minimum atomic E-state index is -0.468. The summed E-state index contributed by atoms with van der Waals surface area (Å²) in [4.78, 5) is 30.5. The summed E-state index contributed by atoms with van der Waals surface area (Å²) < 4.78 is 0. The lowest BCUT2D eigenvalue weighted by molar-refractivity contribution is -0.144. The Bertz CT molecular complexity index is 1030. The summed E-state index contributed by atoms with van der Waals surface area (Å²) in [5, 5.41) is 15.5. The summed E-state index contributed by atoms with van der Waals surface area (Å²) in [6.07, 6.45) is 7.03. The Hall–Kier alpha value is -3.20. The van der Waals surface area contributed by atoms with E-state index in [-0.39, 0.29) is 17.4 Å². The molecule has 4 saturated carbocycles. The maximum absolute atomic E-state index is 13.4. The Morgan fingerprint density at radius 1 is 1.07 bits per heavy atom. The second kappa shape index (κ2) is 6.94. The van der Waals surface area contributed by atoms with Crippen LogP contribution in [0.3, 0.4) is 0 Å². The highest BCUT2D eigenvalue weighted by molar-refractivity contribution is 5.96. The molecule has 30 heavy (non-hydrogen) atoms. The van der Waals surface area contributed by atoms with Gasteiger partial charge in [0.1, 0.15) is 5.69 Å². The van der Waals surface area contributed by atoms with E-state index >= 15 is 0 Å². The van der Waals surface area contributed by atoms with Crippen LogP contribution in [0.5, 0.6) is 0 Å². The first-order valence-electron chi connectivity index (χ1n) is 10.5. The first-order chi connectivity index (χ1) is 14.5. The van der Waals surface area contributed by atoms with Crippen LogP contribution in [0.2, 0.25) is 0 Å². The Morgan fingerprint density at radius 3 is 2.57 bits per heavy atom. The smallest absolute Gasteiger partial charge is 0.270 e. The third-order valence-corrected chi connectivity index (χ3v) is 7.07. The van der Waals surface area contributed by atoms with Crippen molar-refractivity contribution >= 4 is 17.5 Å². The number of hydrogen-bond acceptors (Lipinski definition) is 4. The fourth-order valence-electron chi connectivity index (χ4n) is 6.41. The third-order valence-electron chi connectivity index (χ3n) is 7.07. The number of rotatable bonds is 4. The quantitative estimate of drug-likeness (QED) is 0.819. The first kappa shape index (κ1) is 18.8. The van der Waals surface area contributed by atoms with Gasteiger partial charge >= 0.3 is 0 Å². The average Bonchev–Trinajstić information content (AvgIpc) is 2.73. The average molecular weight is 400 g/mol. The van der Waals surface area contributed by atoms with Gasteiger partial charge < -0.3 is 10.6 Å². The van der Waals surface area contributed by atoms with E-state index in [2.05, 4.69) is 21.7 Å². The number of pyridine rings is 1. The Labute approximate surface area is 175 Å². The fraction of sp³-hybridized carbons (Fsp3) is 0.417. The molecule has 4 aliphatic rings. The standard InChI is InChI=1S/C24H24N4O2/c25-14-16-4-3-5-19(9-16)27-22(30)23-10-17-8-18(11-23)13-24(12-17,15-23)28-21(29)20-6-1-2-7-26-20/h1-7,9,17-18H,8,10-13,15H2,(H,27,30)(H,28,29). The predicted molar refractivity (Wildman–Crippen MR) is 111 cm³/mol. The minimum Gasteiger partial charge on any atom is -0.345 e. The van der Waals surface area contributed by atoms with Crippen molar-refractivity contribution in [3.8, 4) is 6.07 Å². The molecule has 0 radical (unpaired) electrons. The number of hydrogen-bond donors (Lipinski definition) is 2. The molecule has 6 rings (SSSR count). The van der Waals surface area contributed by atoms with Crippen LogP contribution in [0.15, 0.2) is 48.7 Å². The van der Waals surface area contributed by atoms with Crippen LogP contribution in [0.25, 0.3) is 0 Å². The van der Waals surface area contributed by atoms with Crippen LogP contribution in [0.4, 0.5) is 5.69 Å². The molecule has 2 amide bonds. The minimum absolute atomic E-state index is 0.0168. The number of carbonyl (C=O) groups is 2. The van der Waals surface area contributed by atoms with Crippen molar-refractivity contribution in [1.29, 1.82) is 5.26 Å². The SMILES string of the molecule is N#Cc1cccc(NC(=O)C23CC4CC(CC(NC(=O)c5ccccn5)(C4)C2)C3)c1. The lowest BCUT2D eigenvalue weighted by Crippen LogP contribution is -2.65. The molecule has 0 aliphatic heterocycles. The lowest BCUT2D eigenvalue weighted by atomic mass is 9.46. The van der Waals surface area contributed by atoms with Crippen molar-refractivity contribution < 1.29 is 9.59 Å². The van der Waals surface area contributed by atoms with Crippen LogP contribution in [0.1, 0.15) is 54.6 Å². The maximum Gasteiger partial charge on any atom is 0.270 e. The van der Waals surface area contributed by atoms with Crippen LogP contribution < -0.4 is 10.6 Å². The number of aromatic nitrogens is 1. The predicted octanol–water partition coefficient (Wildman–Crippen LogP) is 3.66. The number of nitrogens with zero attached hydrogens (tertiary/aromatic N) is 2. The van der Waals surface area contributed by atoms with Crippen LogP contribution in [0, 0.1) is 28.6 Å². The fourth-order valence-corrected chi connectivity index (χ4v) is 6.41. The Morgan fingerprint density at radius 2 is 1.87 bits per heavy atom. The summed E-state index contributed by atoms with van der Waals surface area (Å²) in [5.41, 5.74) is 0.785. The van der Waals surface area contributed by atoms with Crippen molar-refractivity contribution in [1.82, 2.24) is 10.3 Å². The van der Waals surface area contributed by atoms with Crippen molar-refractivity contribution in [2.24, 2.45) is 17.3 Å². The highest BCUT2D eigenvalue weighted by atomic mass is 16.2. The number of benzene rings is 1. The summed E-state index contributed by atoms with van der Waals surface area (Å²) in [6, 6.07) is 14.5. The zero-order valence-corrected chi connectivity index (χ0v) is 16.7. The van der Waals surface area contributed by atoms with E-state index < -0.39 is 5.41 Å². The van der Waals surface area contributed by atoms with Crippen molar-refractivity contribution in [2.75, 3.05) is 5.32 Å². The molecule has 4 bridgehead atoms. The number of anilines is 1. The first-order valence-corrected chi connectivity index (χ1v) is 10.5.